The first-order valence-corrected chi connectivity index (χ1v) is 9.68. The van der Waals surface area contributed by atoms with E-state index in [1.165, 1.54) is 18.2 Å². The van der Waals surface area contributed by atoms with E-state index < -0.39 is 33.2 Å². The first-order chi connectivity index (χ1) is 12.3. The fourth-order valence-corrected chi connectivity index (χ4v) is 4.31. The lowest BCUT2D eigenvalue weighted by Gasteiger charge is -2.16. The molecule has 8 nitrogen and oxygen atoms in total. The van der Waals surface area contributed by atoms with Crippen LogP contribution in [0, 0.1) is 11.3 Å². The number of hydrogen-bond acceptors (Lipinski definition) is 5. The molecule has 2 atom stereocenters. The van der Waals surface area contributed by atoms with Crippen molar-refractivity contribution in [1.29, 1.82) is 0 Å². The summed E-state index contributed by atoms with van der Waals surface area (Å²) in [6.45, 7) is 0. The molecule has 0 unspecified atom stereocenters. The Kier molecular flexibility index (Phi) is 4.57. The Morgan fingerprint density at radius 1 is 1.23 bits per heavy atom. The minimum Gasteiger partial charge on any atom is -0.369 e. The number of carbonyl (C=O) groups is 3. The highest BCUT2D eigenvalue weighted by Crippen LogP contribution is 2.53. The summed E-state index contributed by atoms with van der Waals surface area (Å²) in [7, 11) is -4.29. The highest BCUT2D eigenvalue weighted by Gasteiger charge is 2.64. The Hall–Kier alpha value is -2.68. The van der Waals surface area contributed by atoms with Crippen LogP contribution in [0.5, 0.6) is 0 Å². The molecule has 9 heteroatoms. The summed E-state index contributed by atoms with van der Waals surface area (Å²) in [5, 5.41) is 2.55. The molecule has 0 aromatic heterocycles. The Labute approximate surface area is 150 Å². The molecular formula is C17H19N3O5S. The van der Waals surface area contributed by atoms with E-state index in [9.17, 15) is 22.8 Å². The minimum absolute atomic E-state index is 0.0749. The third-order valence-electron chi connectivity index (χ3n) is 4.68. The number of para-hydroxylation sites is 1. The van der Waals surface area contributed by atoms with Gasteiger partial charge in [0.15, 0.2) is 0 Å². The van der Waals surface area contributed by atoms with Gasteiger partial charge in [0.25, 0.3) is 10.0 Å². The predicted octanol–water partition coefficient (Wildman–Crippen LogP) is 0.662. The number of amides is 3. The molecule has 0 radical (unpaired) electrons. The van der Waals surface area contributed by atoms with Crippen molar-refractivity contribution >= 4 is 33.4 Å². The monoisotopic (exact) mass is 377 g/mol. The fourth-order valence-electron chi connectivity index (χ4n) is 3.10. The number of fused-ring (bicyclic) bond motifs is 2. The van der Waals surface area contributed by atoms with E-state index in [4.69, 9.17) is 5.73 Å². The van der Waals surface area contributed by atoms with Crippen LogP contribution in [0.3, 0.4) is 0 Å². The van der Waals surface area contributed by atoms with Crippen molar-refractivity contribution in [3.05, 3.63) is 36.4 Å². The van der Waals surface area contributed by atoms with Gasteiger partial charge in [0, 0.05) is 12.3 Å². The van der Waals surface area contributed by atoms with Crippen LogP contribution in [0.2, 0.25) is 0 Å². The number of carbonyl (C=O) groups excluding carboxylic acids is 3. The molecular weight excluding hydrogens is 358 g/mol. The molecule has 1 aromatic rings. The lowest BCUT2D eigenvalue weighted by Crippen LogP contribution is -2.44. The summed E-state index contributed by atoms with van der Waals surface area (Å²) in [5.74, 6) is -2.56. The van der Waals surface area contributed by atoms with Crippen molar-refractivity contribution in [3.8, 4) is 0 Å². The molecule has 138 valence electrons. The van der Waals surface area contributed by atoms with Gasteiger partial charge in [-0.15, -0.1) is 0 Å². The normalized spacial score (nSPS) is 29.2. The zero-order valence-electron chi connectivity index (χ0n) is 13.9. The van der Waals surface area contributed by atoms with Crippen LogP contribution in [0.4, 0.5) is 5.69 Å². The largest absolute Gasteiger partial charge is 0.369 e. The van der Waals surface area contributed by atoms with Gasteiger partial charge in [-0.1, -0.05) is 24.3 Å². The third-order valence-corrected chi connectivity index (χ3v) is 6.07. The number of nitrogens with one attached hydrogen (secondary N) is 2. The molecule has 1 aliphatic carbocycles. The zero-order valence-corrected chi connectivity index (χ0v) is 14.7. The predicted molar refractivity (Wildman–Crippen MR) is 93.1 cm³/mol. The van der Waals surface area contributed by atoms with Gasteiger partial charge in [0.2, 0.25) is 17.7 Å². The second kappa shape index (κ2) is 6.56. The molecule has 1 saturated carbocycles. The number of rotatable bonds is 1. The van der Waals surface area contributed by atoms with Crippen LogP contribution in [-0.2, 0) is 24.4 Å². The van der Waals surface area contributed by atoms with Crippen molar-refractivity contribution in [2.45, 2.75) is 30.6 Å². The average molecular weight is 377 g/mol. The van der Waals surface area contributed by atoms with Gasteiger partial charge in [-0.25, -0.2) is 13.1 Å². The van der Waals surface area contributed by atoms with Crippen molar-refractivity contribution in [2.24, 2.45) is 17.1 Å². The maximum absolute atomic E-state index is 12.7. The molecule has 1 aromatic carbocycles. The van der Waals surface area contributed by atoms with E-state index in [2.05, 4.69) is 5.32 Å². The number of anilines is 1. The first-order valence-electron chi connectivity index (χ1n) is 8.20. The molecule has 1 aliphatic heterocycles. The van der Waals surface area contributed by atoms with Crippen molar-refractivity contribution in [2.75, 3.05) is 5.32 Å². The maximum atomic E-state index is 12.7. The summed E-state index contributed by atoms with van der Waals surface area (Å²) in [6, 6.07) is 5.76. The summed E-state index contributed by atoms with van der Waals surface area (Å²) < 4.78 is 27.3. The number of nitrogens with two attached hydrogens (primary N) is 1. The summed E-state index contributed by atoms with van der Waals surface area (Å²) in [4.78, 5) is 36.2. The van der Waals surface area contributed by atoms with Crippen molar-refractivity contribution in [1.82, 2.24) is 4.72 Å². The molecule has 3 rings (SSSR count). The Morgan fingerprint density at radius 3 is 2.69 bits per heavy atom. The SMILES string of the molecule is NC(=O)[C@@]12C[C@H]1/C=C\CCCC(=O)Nc1ccccc1S(=O)(=O)NC2=O. The van der Waals surface area contributed by atoms with Gasteiger partial charge in [-0.05, 0) is 31.4 Å². The minimum atomic E-state index is -4.29. The van der Waals surface area contributed by atoms with Crippen LogP contribution < -0.4 is 15.8 Å². The zero-order chi connectivity index (χ0) is 18.9. The quantitative estimate of drug-likeness (QED) is 0.488. The second-order valence-electron chi connectivity index (χ2n) is 6.45. The Balaban J connectivity index is 2.02. The van der Waals surface area contributed by atoms with Crippen molar-refractivity contribution < 1.29 is 22.8 Å². The van der Waals surface area contributed by atoms with Gasteiger partial charge in [0.1, 0.15) is 10.3 Å². The Morgan fingerprint density at radius 2 is 1.96 bits per heavy atom. The second-order valence-corrected chi connectivity index (χ2v) is 8.10. The highest BCUT2D eigenvalue weighted by atomic mass is 32.2. The maximum Gasteiger partial charge on any atom is 0.266 e. The molecule has 3 amide bonds. The number of sulfonamides is 1. The molecule has 0 saturated heterocycles. The van der Waals surface area contributed by atoms with Gasteiger partial charge < -0.3 is 11.1 Å². The van der Waals surface area contributed by atoms with Crippen LogP contribution in [0.1, 0.15) is 25.7 Å². The first kappa shape index (κ1) is 18.1. The van der Waals surface area contributed by atoms with Crippen LogP contribution in [0.25, 0.3) is 0 Å². The highest BCUT2D eigenvalue weighted by molar-refractivity contribution is 7.90. The summed E-state index contributed by atoms with van der Waals surface area (Å²) in [5.41, 5.74) is 3.91. The number of hydrogen-bond donors (Lipinski definition) is 3. The lowest BCUT2D eigenvalue weighted by molar-refractivity contribution is -0.134. The van der Waals surface area contributed by atoms with E-state index in [1.807, 2.05) is 4.72 Å². The van der Waals surface area contributed by atoms with Gasteiger partial charge >= 0.3 is 0 Å². The van der Waals surface area contributed by atoms with Gasteiger partial charge in [-0.2, -0.15) is 0 Å². The van der Waals surface area contributed by atoms with Crippen LogP contribution in [-0.4, -0.2) is 26.1 Å². The van der Waals surface area contributed by atoms with Gasteiger partial charge in [0.05, 0.1) is 5.69 Å². The molecule has 2 aliphatic rings. The summed E-state index contributed by atoms with van der Waals surface area (Å²) >= 11 is 0. The van der Waals surface area contributed by atoms with Gasteiger partial charge in [-0.3, -0.25) is 14.4 Å². The molecule has 4 N–H and O–H groups in total. The van der Waals surface area contributed by atoms with E-state index in [0.717, 1.165) is 0 Å². The standard InChI is InChI=1S/C17H19N3O5S/c18-15(22)17-10-11(17)6-2-1-3-9-14(21)19-12-7-4-5-8-13(12)26(24,25)20-16(17)23/h2,4-8,11H,1,3,9-10H2,(H2,18,22)(H,19,21)(H,20,23)/b6-2-/t11-,17-/m1/s1. The molecule has 1 heterocycles. The Bertz CT molecular complexity index is 909. The van der Waals surface area contributed by atoms with Crippen molar-refractivity contribution in [3.63, 3.8) is 0 Å². The smallest absolute Gasteiger partial charge is 0.266 e. The summed E-state index contributed by atoms with van der Waals surface area (Å²) in [6.07, 6.45) is 5.01. The lowest BCUT2D eigenvalue weighted by atomic mass is 10.0. The molecule has 0 bridgehead atoms. The average Bonchev–Trinajstić information content (AvgIpc) is 3.30. The molecule has 1 fully saturated rings. The topological polar surface area (TPSA) is 135 Å². The molecule has 26 heavy (non-hydrogen) atoms. The number of allylic oxidation sites excluding steroid dienone is 2. The number of benzene rings is 1. The molecule has 0 spiro atoms. The third kappa shape index (κ3) is 3.22. The van der Waals surface area contributed by atoms with Crippen LogP contribution >= 0.6 is 0 Å². The van der Waals surface area contributed by atoms with E-state index in [-0.39, 0.29) is 29.3 Å². The fraction of sp³-hybridized carbons (Fsp3) is 0.353. The van der Waals surface area contributed by atoms with E-state index in [0.29, 0.717) is 12.8 Å². The van der Waals surface area contributed by atoms with E-state index >= 15 is 0 Å². The van der Waals surface area contributed by atoms with E-state index in [1.54, 1.807) is 18.2 Å². The number of primary amides is 1. The van der Waals surface area contributed by atoms with Crippen LogP contribution in [0.15, 0.2) is 41.3 Å².